The number of rotatable bonds is 8. The van der Waals surface area contributed by atoms with Crippen molar-refractivity contribution in [2.24, 2.45) is 5.92 Å². The third-order valence-electron chi connectivity index (χ3n) is 5.68. The van der Waals surface area contributed by atoms with Crippen molar-refractivity contribution in [2.75, 3.05) is 6.61 Å². The first kappa shape index (κ1) is 20.3. The fraction of sp³-hybridized carbons (Fsp3) is 0.417. The summed E-state index contributed by atoms with van der Waals surface area (Å²) in [4.78, 5) is 24.5. The van der Waals surface area contributed by atoms with Gasteiger partial charge in [0.05, 0.1) is 18.6 Å². The molecule has 1 amide bonds. The number of carbonyl (C=O) groups is 2. The van der Waals surface area contributed by atoms with Gasteiger partial charge in [0.25, 0.3) is 0 Å². The normalized spacial score (nSPS) is 18.6. The molecule has 0 aromatic heterocycles. The maximum absolute atomic E-state index is 12.6. The number of ketones is 1. The molecule has 4 nitrogen and oxygen atoms in total. The van der Waals surface area contributed by atoms with E-state index in [9.17, 15) is 14.7 Å². The Labute approximate surface area is 167 Å². The average molecular weight is 380 g/mol. The molecule has 0 aliphatic heterocycles. The second kappa shape index (κ2) is 9.65. The summed E-state index contributed by atoms with van der Waals surface area (Å²) >= 11 is 0. The number of aliphatic hydroxyl groups is 1. The van der Waals surface area contributed by atoms with Crippen molar-refractivity contribution in [2.45, 2.75) is 51.0 Å². The Bertz CT molecular complexity index is 785. The molecule has 0 bridgehead atoms. The minimum atomic E-state index is -0.301. The first-order chi connectivity index (χ1) is 13.6. The van der Waals surface area contributed by atoms with Crippen LogP contribution in [0.3, 0.4) is 0 Å². The fourth-order valence-corrected chi connectivity index (χ4v) is 3.87. The van der Waals surface area contributed by atoms with Crippen LogP contribution in [0.2, 0.25) is 0 Å². The van der Waals surface area contributed by atoms with Crippen LogP contribution in [0.4, 0.5) is 0 Å². The number of nitrogens with one attached hydrogen (secondary N) is 1. The van der Waals surface area contributed by atoms with Crippen molar-refractivity contribution in [3.05, 3.63) is 71.3 Å². The molecule has 28 heavy (non-hydrogen) atoms. The van der Waals surface area contributed by atoms with Gasteiger partial charge in [-0.1, -0.05) is 54.6 Å². The van der Waals surface area contributed by atoms with Gasteiger partial charge in [-0.05, 0) is 49.3 Å². The van der Waals surface area contributed by atoms with Gasteiger partial charge in [-0.25, -0.2) is 0 Å². The second-order valence-corrected chi connectivity index (χ2v) is 7.80. The van der Waals surface area contributed by atoms with Crippen molar-refractivity contribution < 1.29 is 14.7 Å². The number of aliphatic hydroxyl groups excluding tert-OH is 1. The van der Waals surface area contributed by atoms with Gasteiger partial charge in [0, 0.05) is 12.3 Å². The summed E-state index contributed by atoms with van der Waals surface area (Å²) in [5, 5.41) is 12.6. The highest BCUT2D eigenvalue weighted by Crippen LogP contribution is 2.26. The second-order valence-electron chi connectivity index (χ2n) is 7.80. The van der Waals surface area contributed by atoms with Crippen molar-refractivity contribution in [1.82, 2.24) is 5.32 Å². The number of benzene rings is 2. The maximum atomic E-state index is 12.6. The zero-order chi connectivity index (χ0) is 19.9. The van der Waals surface area contributed by atoms with E-state index in [1.807, 2.05) is 61.5 Å². The molecule has 2 aromatic rings. The van der Waals surface area contributed by atoms with Crippen LogP contribution < -0.4 is 5.32 Å². The lowest BCUT2D eigenvalue weighted by molar-refractivity contribution is -0.123. The maximum Gasteiger partial charge on any atom is 0.227 e. The van der Waals surface area contributed by atoms with E-state index in [1.165, 1.54) is 0 Å². The van der Waals surface area contributed by atoms with Gasteiger partial charge >= 0.3 is 0 Å². The van der Waals surface area contributed by atoms with E-state index in [1.54, 1.807) is 0 Å². The van der Waals surface area contributed by atoms with Crippen LogP contribution in [-0.4, -0.2) is 29.4 Å². The molecular formula is C24H29NO3. The molecule has 0 saturated heterocycles. The number of Topliss-reactive ketones (excluding diaryl/α,β-unsaturated/α-hetero) is 1. The molecule has 1 aliphatic rings. The molecule has 0 spiro atoms. The van der Waals surface area contributed by atoms with E-state index < -0.39 is 0 Å². The summed E-state index contributed by atoms with van der Waals surface area (Å²) in [5.74, 6) is 0.154. The minimum absolute atomic E-state index is 0.0892. The molecule has 2 N–H and O–H groups in total. The van der Waals surface area contributed by atoms with Gasteiger partial charge in [0.15, 0.2) is 0 Å². The topological polar surface area (TPSA) is 66.4 Å². The van der Waals surface area contributed by atoms with E-state index in [4.69, 9.17) is 0 Å². The summed E-state index contributed by atoms with van der Waals surface area (Å²) in [7, 11) is 0. The van der Waals surface area contributed by atoms with Crippen LogP contribution in [0.15, 0.2) is 54.6 Å². The van der Waals surface area contributed by atoms with Gasteiger partial charge in [-0.15, -0.1) is 0 Å². The highest BCUT2D eigenvalue weighted by atomic mass is 16.3. The molecule has 1 fully saturated rings. The zero-order valence-corrected chi connectivity index (χ0v) is 16.4. The molecule has 148 valence electrons. The van der Waals surface area contributed by atoms with Gasteiger partial charge in [0.2, 0.25) is 5.91 Å². The fourth-order valence-electron chi connectivity index (χ4n) is 3.87. The molecule has 1 saturated carbocycles. The Hall–Kier alpha value is -2.46. The van der Waals surface area contributed by atoms with E-state index in [2.05, 4.69) is 5.32 Å². The highest BCUT2D eigenvalue weighted by molar-refractivity contribution is 5.84. The van der Waals surface area contributed by atoms with Gasteiger partial charge in [-0.3, -0.25) is 9.59 Å². The van der Waals surface area contributed by atoms with Crippen molar-refractivity contribution >= 4 is 11.7 Å². The van der Waals surface area contributed by atoms with Crippen LogP contribution in [0.5, 0.6) is 0 Å². The smallest absolute Gasteiger partial charge is 0.227 e. The van der Waals surface area contributed by atoms with Gasteiger partial charge in [-0.2, -0.15) is 0 Å². The van der Waals surface area contributed by atoms with Crippen LogP contribution in [0.25, 0.3) is 0 Å². The first-order valence-corrected chi connectivity index (χ1v) is 10.1. The van der Waals surface area contributed by atoms with Crippen LogP contribution in [0, 0.1) is 5.92 Å². The molecule has 3 atom stereocenters. The average Bonchev–Trinajstić information content (AvgIpc) is 3.12. The SMILES string of the molecule is C[C@H](C(=O)N[C@@H](CO)Cc1ccccc1)c1ccc(C[C@@H]2CCCC2=O)cc1. The molecular weight excluding hydrogens is 350 g/mol. The summed E-state index contributed by atoms with van der Waals surface area (Å²) in [6.07, 6.45) is 4.11. The summed E-state index contributed by atoms with van der Waals surface area (Å²) in [6, 6.07) is 17.5. The van der Waals surface area contributed by atoms with Crippen LogP contribution >= 0.6 is 0 Å². The Morgan fingerprint density at radius 1 is 1.11 bits per heavy atom. The van der Waals surface area contributed by atoms with E-state index in [0.29, 0.717) is 12.2 Å². The first-order valence-electron chi connectivity index (χ1n) is 10.1. The van der Waals surface area contributed by atoms with Crippen LogP contribution in [0.1, 0.15) is 48.8 Å². The number of hydrogen-bond acceptors (Lipinski definition) is 3. The number of carbonyl (C=O) groups excluding carboxylic acids is 2. The Morgan fingerprint density at radius 2 is 1.82 bits per heavy atom. The standard InChI is InChI=1S/C24H29NO3/c1-17(24(28)25-22(16-26)15-18-6-3-2-4-7-18)20-12-10-19(11-13-20)14-21-8-5-9-23(21)27/h2-4,6-7,10-13,17,21-22,26H,5,8-9,14-16H2,1H3,(H,25,28)/t17-,21-,22+/m0/s1. The minimum Gasteiger partial charge on any atom is -0.394 e. The number of hydrogen-bond donors (Lipinski definition) is 2. The number of amides is 1. The van der Waals surface area contributed by atoms with Crippen molar-refractivity contribution in [3.8, 4) is 0 Å². The largest absolute Gasteiger partial charge is 0.394 e. The molecule has 4 heteroatoms. The predicted octanol–water partition coefficient (Wildman–Crippen LogP) is 3.42. The Balaban J connectivity index is 1.56. The molecule has 2 aromatic carbocycles. The van der Waals surface area contributed by atoms with E-state index >= 15 is 0 Å². The molecule has 1 aliphatic carbocycles. The van der Waals surface area contributed by atoms with E-state index in [-0.39, 0.29) is 30.4 Å². The highest BCUT2D eigenvalue weighted by Gasteiger charge is 2.24. The molecule has 0 heterocycles. The molecule has 0 radical (unpaired) electrons. The van der Waals surface area contributed by atoms with Crippen LogP contribution in [-0.2, 0) is 22.4 Å². The zero-order valence-electron chi connectivity index (χ0n) is 16.4. The molecule has 0 unspecified atom stereocenters. The summed E-state index contributed by atoms with van der Waals surface area (Å²) in [5.41, 5.74) is 3.17. The summed E-state index contributed by atoms with van der Waals surface area (Å²) < 4.78 is 0. The lowest BCUT2D eigenvalue weighted by Crippen LogP contribution is -2.41. The monoisotopic (exact) mass is 379 g/mol. The quantitative estimate of drug-likeness (QED) is 0.739. The Morgan fingerprint density at radius 3 is 2.43 bits per heavy atom. The lowest BCUT2D eigenvalue weighted by Gasteiger charge is -2.20. The lowest BCUT2D eigenvalue weighted by atomic mass is 9.93. The predicted molar refractivity (Wildman–Crippen MR) is 110 cm³/mol. The van der Waals surface area contributed by atoms with Crippen molar-refractivity contribution in [3.63, 3.8) is 0 Å². The van der Waals surface area contributed by atoms with Gasteiger partial charge < -0.3 is 10.4 Å². The van der Waals surface area contributed by atoms with Gasteiger partial charge in [0.1, 0.15) is 5.78 Å². The third-order valence-corrected chi connectivity index (χ3v) is 5.68. The Kier molecular flexibility index (Phi) is 6.99. The van der Waals surface area contributed by atoms with Crippen molar-refractivity contribution in [1.29, 1.82) is 0 Å². The van der Waals surface area contributed by atoms with E-state index in [0.717, 1.165) is 42.4 Å². The third kappa shape index (κ3) is 5.29. The molecule has 3 rings (SSSR count). The summed E-state index contributed by atoms with van der Waals surface area (Å²) in [6.45, 7) is 1.78.